The average molecular weight is 616 g/mol. The molecule has 2 N–H and O–H groups in total. The third-order valence-electron chi connectivity index (χ3n) is 6.98. The number of carbonyl (C=O) groups is 1. The molecule has 12 heteroatoms. The average Bonchev–Trinajstić information content (AvgIpc) is 3.40. The molecule has 1 aromatic heterocycles. The Hall–Kier alpha value is -3.38. The van der Waals surface area contributed by atoms with E-state index in [0.29, 0.717) is 17.8 Å². The number of hydrogen-bond donors (Lipinski definition) is 2. The van der Waals surface area contributed by atoms with Crippen molar-refractivity contribution in [3.8, 4) is 5.75 Å². The summed E-state index contributed by atoms with van der Waals surface area (Å²) in [5.41, 5.74) is 3.83. The number of sulfonamides is 1. The molecule has 0 saturated carbocycles. The molecular formula is C29H34ClN5O4S2. The van der Waals surface area contributed by atoms with E-state index < -0.39 is 10.0 Å². The molecule has 0 unspecified atom stereocenters. The minimum Gasteiger partial charge on any atom is -0.494 e. The lowest BCUT2D eigenvalue weighted by Crippen LogP contribution is -2.48. The van der Waals surface area contributed by atoms with Crippen molar-refractivity contribution in [3.63, 3.8) is 0 Å². The number of rotatable bonds is 9. The van der Waals surface area contributed by atoms with E-state index in [0.717, 1.165) is 59.4 Å². The number of anilines is 2. The Morgan fingerprint density at radius 1 is 1.02 bits per heavy atom. The standard InChI is InChI=1S/C29H33N5O4S2.ClH/c1-20-7-10-24(11-8-20)40(36,37)32-23-6-4-5-22(19-23)28(35)30-13-14-33-15-17-34(18-16-33)29-31-26-25(38-3)12-9-21(2)27(26)39-29;/h4-12,19,32H,13-18H2,1-3H3,(H,30,35);1H. The van der Waals surface area contributed by atoms with Gasteiger partial charge in [0.2, 0.25) is 0 Å². The third-order valence-corrected chi connectivity index (χ3v) is 9.63. The number of benzene rings is 3. The van der Waals surface area contributed by atoms with Crippen molar-refractivity contribution in [1.82, 2.24) is 15.2 Å². The van der Waals surface area contributed by atoms with E-state index in [1.165, 1.54) is 5.56 Å². The SMILES string of the molecule is COc1ccc(C)c2sc(N3CCN(CCNC(=O)c4cccc(NS(=O)(=O)c5ccc(C)cc5)c4)CC3)nc12.Cl. The summed E-state index contributed by atoms with van der Waals surface area (Å²) >= 11 is 1.70. The number of nitrogens with one attached hydrogen (secondary N) is 2. The largest absolute Gasteiger partial charge is 0.494 e. The number of halogens is 1. The van der Waals surface area contributed by atoms with Crippen LogP contribution in [0.3, 0.4) is 0 Å². The summed E-state index contributed by atoms with van der Waals surface area (Å²) in [5, 5.41) is 3.97. The van der Waals surface area contributed by atoms with E-state index >= 15 is 0 Å². The minimum absolute atomic E-state index is 0. The van der Waals surface area contributed by atoms with Crippen LogP contribution < -0.4 is 19.7 Å². The first-order chi connectivity index (χ1) is 19.2. The van der Waals surface area contributed by atoms with E-state index in [-0.39, 0.29) is 23.2 Å². The number of aromatic nitrogens is 1. The van der Waals surface area contributed by atoms with Crippen LogP contribution >= 0.6 is 23.7 Å². The minimum atomic E-state index is -3.74. The fraction of sp³-hybridized carbons (Fsp3) is 0.310. The van der Waals surface area contributed by atoms with Gasteiger partial charge in [0.05, 0.1) is 16.7 Å². The molecule has 0 bridgehead atoms. The van der Waals surface area contributed by atoms with Crippen molar-refractivity contribution in [2.75, 3.05) is 56.0 Å². The van der Waals surface area contributed by atoms with Crippen LogP contribution in [-0.2, 0) is 10.0 Å². The van der Waals surface area contributed by atoms with Crippen molar-refractivity contribution < 1.29 is 17.9 Å². The van der Waals surface area contributed by atoms with Gasteiger partial charge in [0.25, 0.3) is 15.9 Å². The highest BCUT2D eigenvalue weighted by atomic mass is 35.5. The first kappa shape index (κ1) is 30.6. The normalized spacial score (nSPS) is 14.0. The Labute approximate surface area is 251 Å². The zero-order valence-corrected chi connectivity index (χ0v) is 25.7. The molecule has 3 aromatic carbocycles. The van der Waals surface area contributed by atoms with Crippen molar-refractivity contribution in [2.24, 2.45) is 0 Å². The Morgan fingerprint density at radius 3 is 2.46 bits per heavy atom. The molecule has 41 heavy (non-hydrogen) atoms. The van der Waals surface area contributed by atoms with Gasteiger partial charge in [-0.1, -0.05) is 41.2 Å². The topological polar surface area (TPSA) is 104 Å². The third kappa shape index (κ3) is 7.10. The lowest BCUT2D eigenvalue weighted by atomic mass is 10.2. The second-order valence-electron chi connectivity index (χ2n) is 9.84. The van der Waals surface area contributed by atoms with Gasteiger partial charge in [0.15, 0.2) is 5.13 Å². The van der Waals surface area contributed by atoms with Crippen LogP contribution in [0.1, 0.15) is 21.5 Å². The summed E-state index contributed by atoms with van der Waals surface area (Å²) in [5.74, 6) is 0.556. The van der Waals surface area contributed by atoms with Gasteiger partial charge in [-0.15, -0.1) is 12.4 Å². The Balaban J connectivity index is 0.00000387. The van der Waals surface area contributed by atoms with Crippen LogP contribution in [0, 0.1) is 13.8 Å². The molecule has 9 nitrogen and oxygen atoms in total. The van der Waals surface area contributed by atoms with Gasteiger partial charge in [0.1, 0.15) is 11.3 Å². The summed E-state index contributed by atoms with van der Waals surface area (Å²) in [6.45, 7) is 8.68. The van der Waals surface area contributed by atoms with Crippen molar-refractivity contribution >= 4 is 60.7 Å². The Bertz CT molecular complexity index is 1620. The number of amides is 1. The summed E-state index contributed by atoms with van der Waals surface area (Å²) in [6, 6.07) is 17.2. The molecule has 4 aromatic rings. The van der Waals surface area contributed by atoms with E-state index in [1.54, 1.807) is 67.0 Å². The predicted molar refractivity (Wildman–Crippen MR) is 168 cm³/mol. The highest BCUT2D eigenvalue weighted by molar-refractivity contribution is 7.92. The number of carbonyl (C=O) groups excluding carboxylic acids is 1. The number of thiazole rings is 1. The molecule has 0 spiro atoms. The highest BCUT2D eigenvalue weighted by Crippen LogP contribution is 2.36. The Kier molecular flexibility index (Phi) is 9.75. The van der Waals surface area contributed by atoms with Gasteiger partial charge < -0.3 is 15.0 Å². The smallest absolute Gasteiger partial charge is 0.261 e. The molecule has 1 amide bonds. The fourth-order valence-electron chi connectivity index (χ4n) is 4.65. The predicted octanol–water partition coefficient (Wildman–Crippen LogP) is 4.70. The first-order valence-electron chi connectivity index (χ1n) is 13.1. The maximum absolute atomic E-state index is 12.8. The lowest BCUT2D eigenvalue weighted by Gasteiger charge is -2.34. The van der Waals surface area contributed by atoms with E-state index in [9.17, 15) is 13.2 Å². The van der Waals surface area contributed by atoms with Gasteiger partial charge in [-0.3, -0.25) is 14.4 Å². The number of piperazine rings is 1. The quantitative estimate of drug-likeness (QED) is 0.281. The van der Waals surface area contributed by atoms with Gasteiger partial charge in [-0.2, -0.15) is 0 Å². The fourth-order valence-corrected chi connectivity index (χ4v) is 6.80. The second kappa shape index (κ2) is 13.1. The summed E-state index contributed by atoms with van der Waals surface area (Å²) in [4.78, 5) is 22.4. The summed E-state index contributed by atoms with van der Waals surface area (Å²) < 4.78 is 34.6. The first-order valence-corrected chi connectivity index (χ1v) is 15.4. The zero-order valence-electron chi connectivity index (χ0n) is 23.2. The van der Waals surface area contributed by atoms with Gasteiger partial charge >= 0.3 is 0 Å². The van der Waals surface area contributed by atoms with Crippen LogP contribution in [0.15, 0.2) is 65.6 Å². The van der Waals surface area contributed by atoms with Gasteiger partial charge in [-0.05, 0) is 55.8 Å². The van der Waals surface area contributed by atoms with Crippen LogP contribution in [0.25, 0.3) is 10.2 Å². The number of aryl methyl sites for hydroxylation is 2. The van der Waals surface area contributed by atoms with Gasteiger partial charge in [-0.25, -0.2) is 13.4 Å². The summed E-state index contributed by atoms with van der Waals surface area (Å²) in [7, 11) is -2.07. The van der Waals surface area contributed by atoms with Crippen molar-refractivity contribution in [1.29, 1.82) is 0 Å². The molecule has 0 aliphatic carbocycles. The second-order valence-corrected chi connectivity index (χ2v) is 12.5. The summed E-state index contributed by atoms with van der Waals surface area (Å²) in [6.07, 6.45) is 0. The molecule has 1 aliphatic rings. The molecule has 1 saturated heterocycles. The van der Waals surface area contributed by atoms with E-state index in [2.05, 4.69) is 32.8 Å². The maximum Gasteiger partial charge on any atom is 0.261 e. The van der Waals surface area contributed by atoms with Crippen LogP contribution in [0.5, 0.6) is 5.75 Å². The van der Waals surface area contributed by atoms with Crippen LogP contribution in [0.2, 0.25) is 0 Å². The number of hydrogen-bond acceptors (Lipinski definition) is 8. The number of nitrogens with zero attached hydrogens (tertiary/aromatic N) is 3. The number of methoxy groups -OCH3 is 1. The maximum atomic E-state index is 12.8. The molecular weight excluding hydrogens is 582 g/mol. The van der Waals surface area contributed by atoms with E-state index in [1.807, 2.05) is 13.0 Å². The number of fused-ring (bicyclic) bond motifs is 1. The number of ether oxygens (including phenoxy) is 1. The highest BCUT2D eigenvalue weighted by Gasteiger charge is 2.21. The zero-order chi connectivity index (χ0) is 28.3. The molecule has 0 atom stereocenters. The molecule has 2 heterocycles. The Morgan fingerprint density at radius 2 is 1.76 bits per heavy atom. The monoisotopic (exact) mass is 615 g/mol. The lowest BCUT2D eigenvalue weighted by molar-refractivity contribution is 0.0948. The molecule has 5 rings (SSSR count). The van der Waals surface area contributed by atoms with E-state index in [4.69, 9.17) is 9.72 Å². The molecule has 218 valence electrons. The van der Waals surface area contributed by atoms with Crippen LogP contribution in [-0.4, -0.2) is 70.6 Å². The van der Waals surface area contributed by atoms with Crippen LogP contribution in [0.4, 0.5) is 10.8 Å². The van der Waals surface area contributed by atoms with Crippen molar-refractivity contribution in [2.45, 2.75) is 18.7 Å². The van der Waals surface area contributed by atoms with Gasteiger partial charge in [0, 0.05) is 50.5 Å². The molecule has 0 radical (unpaired) electrons. The molecule has 1 aliphatic heterocycles. The molecule has 1 fully saturated rings. The van der Waals surface area contributed by atoms with Crippen molar-refractivity contribution in [3.05, 3.63) is 77.4 Å².